The number of imide groups is 1. The summed E-state index contributed by atoms with van der Waals surface area (Å²) in [7, 11) is 0. The van der Waals surface area contributed by atoms with Gasteiger partial charge in [0, 0.05) is 0 Å². The summed E-state index contributed by atoms with van der Waals surface area (Å²) in [6.45, 7) is 4.02. The molecule has 0 saturated carbocycles. The van der Waals surface area contributed by atoms with E-state index in [1.807, 2.05) is 37.3 Å². The van der Waals surface area contributed by atoms with E-state index in [0.29, 0.717) is 5.75 Å². The second kappa shape index (κ2) is 19.3. The number of thioether (sulfide) groups is 1. The van der Waals surface area contributed by atoms with Crippen molar-refractivity contribution in [1.82, 2.24) is 4.90 Å². The number of benzene rings is 1. The van der Waals surface area contributed by atoms with Gasteiger partial charge in [0.1, 0.15) is 6.10 Å². The van der Waals surface area contributed by atoms with Crippen LogP contribution in [0.25, 0.3) is 0 Å². The maximum atomic E-state index is 12.6. The van der Waals surface area contributed by atoms with E-state index < -0.39 is 12.2 Å². The van der Waals surface area contributed by atoms with Crippen molar-refractivity contribution in [2.45, 2.75) is 77.4 Å². The molecule has 1 aliphatic rings. The number of carbonyl (C=O) groups is 2. The molecule has 200 valence electrons. The van der Waals surface area contributed by atoms with Crippen LogP contribution in [-0.4, -0.2) is 34.4 Å². The number of nitrogens with zero attached hydrogens (tertiary/aromatic N) is 1. The summed E-state index contributed by atoms with van der Waals surface area (Å²) in [4.78, 5) is 26.2. The molecule has 1 saturated heterocycles. The highest BCUT2D eigenvalue weighted by Crippen LogP contribution is 2.32. The van der Waals surface area contributed by atoms with Crippen LogP contribution in [0.15, 0.2) is 91.1 Å². The Bertz CT molecular complexity index is 933. The minimum Gasteiger partial charge on any atom is -0.439 e. The Balaban J connectivity index is 1.48. The van der Waals surface area contributed by atoms with Crippen molar-refractivity contribution in [3.05, 3.63) is 96.7 Å². The molecule has 5 heteroatoms. The Morgan fingerprint density at radius 1 is 0.865 bits per heavy atom. The Kier molecular flexibility index (Phi) is 15.9. The van der Waals surface area contributed by atoms with Crippen LogP contribution >= 0.6 is 11.8 Å². The van der Waals surface area contributed by atoms with Crippen molar-refractivity contribution in [3.63, 3.8) is 0 Å². The summed E-state index contributed by atoms with van der Waals surface area (Å²) in [6, 6.07) is 9.30. The van der Waals surface area contributed by atoms with Crippen LogP contribution in [0.4, 0.5) is 4.79 Å². The van der Waals surface area contributed by atoms with Crippen LogP contribution in [0.1, 0.15) is 76.9 Å². The highest BCUT2D eigenvalue weighted by Gasteiger charge is 2.42. The predicted molar refractivity (Wildman–Crippen MR) is 158 cm³/mol. The quantitative estimate of drug-likeness (QED) is 0.152. The number of rotatable bonds is 17. The molecule has 1 aromatic carbocycles. The molecule has 2 rings (SSSR count). The highest BCUT2D eigenvalue weighted by molar-refractivity contribution is 7.99. The lowest BCUT2D eigenvalue weighted by molar-refractivity contribution is -0.126. The molecular weight excluding hydrogens is 478 g/mol. The number of unbranched alkanes of at least 4 members (excludes halogenated alkanes) is 2. The van der Waals surface area contributed by atoms with Crippen LogP contribution in [0, 0.1) is 0 Å². The average Bonchev–Trinajstić information content (AvgIpc) is 3.21. The summed E-state index contributed by atoms with van der Waals surface area (Å²) < 4.78 is 5.48. The predicted octanol–water partition coefficient (Wildman–Crippen LogP) is 8.75. The summed E-state index contributed by atoms with van der Waals surface area (Å²) in [6.07, 6.45) is 29.5. The van der Waals surface area contributed by atoms with Crippen molar-refractivity contribution >= 4 is 23.8 Å². The zero-order valence-electron chi connectivity index (χ0n) is 22.5. The molecule has 37 heavy (non-hydrogen) atoms. The van der Waals surface area contributed by atoms with Gasteiger partial charge in [-0.2, -0.15) is 11.8 Å². The average molecular weight is 522 g/mol. The van der Waals surface area contributed by atoms with Gasteiger partial charge < -0.3 is 4.74 Å². The minimum atomic E-state index is -0.537. The molecule has 0 aromatic heterocycles. The van der Waals surface area contributed by atoms with Crippen LogP contribution in [0.3, 0.4) is 0 Å². The van der Waals surface area contributed by atoms with Crippen molar-refractivity contribution in [2.24, 2.45) is 0 Å². The van der Waals surface area contributed by atoms with Gasteiger partial charge >= 0.3 is 6.09 Å². The Morgan fingerprint density at radius 3 is 2.03 bits per heavy atom. The van der Waals surface area contributed by atoms with E-state index in [9.17, 15) is 9.59 Å². The van der Waals surface area contributed by atoms with Gasteiger partial charge in [0.2, 0.25) is 5.91 Å². The van der Waals surface area contributed by atoms with Crippen molar-refractivity contribution < 1.29 is 14.3 Å². The van der Waals surface area contributed by atoms with E-state index in [0.717, 1.165) is 62.7 Å². The Morgan fingerprint density at radius 2 is 1.43 bits per heavy atom. The topological polar surface area (TPSA) is 46.6 Å². The second-order valence-corrected chi connectivity index (χ2v) is 10.1. The Labute approximate surface area is 228 Å². The van der Waals surface area contributed by atoms with E-state index in [1.54, 1.807) is 11.8 Å². The first-order valence-corrected chi connectivity index (χ1v) is 14.7. The maximum Gasteiger partial charge on any atom is 0.417 e. The Hall–Kier alpha value is -2.79. The third-order valence-electron chi connectivity index (χ3n) is 5.96. The highest BCUT2D eigenvalue weighted by atomic mass is 32.2. The van der Waals surface area contributed by atoms with E-state index >= 15 is 0 Å². The molecule has 0 N–H and O–H groups in total. The third kappa shape index (κ3) is 12.3. The van der Waals surface area contributed by atoms with Gasteiger partial charge in [-0.3, -0.25) is 4.79 Å². The number of hydrogen-bond acceptors (Lipinski definition) is 4. The molecule has 0 radical (unpaired) electrons. The summed E-state index contributed by atoms with van der Waals surface area (Å²) in [5, 5.41) is 0. The van der Waals surface area contributed by atoms with Gasteiger partial charge in [0.05, 0.1) is 11.8 Å². The van der Waals surface area contributed by atoms with Crippen LogP contribution < -0.4 is 0 Å². The van der Waals surface area contributed by atoms with E-state index in [1.165, 1.54) is 4.90 Å². The molecular formula is C32H43NO3S. The zero-order valence-corrected chi connectivity index (χ0v) is 23.3. The number of hydrogen-bond donors (Lipinski definition) is 0. The van der Waals surface area contributed by atoms with Crippen LogP contribution in [0.2, 0.25) is 0 Å². The number of ether oxygens (including phenoxy) is 1. The number of carbonyl (C=O) groups excluding carboxylic acids is 2. The van der Waals surface area contributed by atoms with E-state index in [2.05, 4.69) is 67.7 Å². The standard InChI is InChI=1S/C32H43NO3S/c1-3-4-5-6-7-8-9-10-11-12-13-14-15-16-17-18-19-23-26-37-27-30(34)33-28(2)31(36-32(33)35)29-24-21-20-22-25-29/h4-5,7-8,10-11,13-14,16-17,20-22,24-25,28,31H,3,6,9,12,15,18-19,23,26-27H2,1-2H3/b5-4-,8-7-,11-10-,14-13-,17-16-/t28-,31-/m0/s1. The van der Waals surface area contributed by atoms with Crippen molar-refractivity contribution in [1.29, 1.82) is 0 Å². The zero-order chi connectivity index (χ0) is 26.6. The molecule has 2 amide bonds. The molecule has 1 fully saturated rings. The molecule has 1 heterocycles. The largest absolute Gasteiger partial charge is 0.439 e. The molecule has 1 aliphatic heterocycles. The fourth-order valence-corrected chi connectivity index (χ4v) is 4.81. The number of allylic oxidation sites excluding steroid dienone is 10. The van der Waals surface area contributed by atoms with Crippen LogP contribution in [-0.2, 0) is 9.53 Å². The van der Waals surface area contributed by atoms with Crippen LogP contribution in [0.5, 0.6) is 0 Å². The van der Waals surface area contributed by atoms with Gasteiger partial charge in [-0.15, -0.1) is 0 Å². The normalized spacial score (nSPS) is 18.4. The van der Waals surface area contributed by atoms with Gasteiger partial charge in [-0.25, -0.2) is 9.69 Å². The molecule has 0 aliphatic carbocycles. The fourth-order valence-electron chi connectivity index (χ4n) is 3.95. The maximum absolute atomic E-state index is 12.6. The first kappa shape index (κ1) is 30.4. The molecule has 0 unspecified atom stereocenters. The van der Waals surface area contributed by atoms with E-state index in [-0.39, 0.29) is 11.9 Å². The first-order chi connectivity index (χ1) is 18.1. The molecule has 1 aromatic rings. The smallest absolute Gasteiger partial charge is 0.417 e. The first-order valence-electron chi connectivity index (χ1n) is 13.6. The van der Waals surface area contributed by atoms with Gasteiger partial charge in [-0.1, -0.05) is 98.0 Å². The van der Waals surface area contributed by atoms with Crippen molar-refractivity contribution in [3.8, 4) is 0 Å². The van der Waals surface area contributed by atoms with Gasteiger partial charge in [0.25, 0.3) is 0 Å². The lowest BCUT2D eigenvalue weighted by Crippen LogP contribution is -2.39. The van der Waals surface area contributed by atoms with Gasteiger partial charge in [0.15, 0.2) is 0 Å². The minimum absolute atomic E-state index is 0.168. The lowest BCUT2D eigenvalue weighted by atomic mass is 10.0. The van der Waals surface area contributed by atoms with Gasteiger partial charge in [-0.05, 0) is 69.6 Å². The number of amides is 2. The summed E-state index contributed by atoms with van der Waals surface area (Å²) >= 11 is 1.59. The SMILES string of the molecule is CC/C=C\C/C=C\C/C=C\C/C=C\C/C=C\CCCCSCC(=O)N1C(=O)O[C@H](c2ccccc2)[C@@H]1C. The van der Waals surface area contributed by atoms with Crippen molar-refractivity contribution in [2.75, 3.05) is 11.5 Å². The third-order valence-corrected chi connectivity index (χ3v) is 6.99. The summed E-state index contributed by atoms with van der Waals surface area (Å²) in [5.74, 6) is 1.05. The summed E-state index contributed by atoms with van der Waals surface area (Å²) in [5.41, 5.74) is 0.918. The second-order valence-electron chi connectivity index (χ2n) is 8.98. The monoisotopic (exact) mass is 521 g/mol. The number of cyclic esters (lactones) is 1. The molecule has 0 spiro atoms. The fraction of sp³-hybridized carbons (Fsp3) is 0.438. The molecule has 0 bridgehead atoms. The molecule has 4 nitrogen and oxygen atoms in total. The van der Waals surface area contributed by atoms with E-state index in [4.69, 9.17) is 4.74 Å². The lowest BCUT2D eigenvalue weighted by Gasteiger charge is -2.19. The molecule has 2 atom stereocenters.